The number of carbonyl (C=O) groups excluding carboxylic acids is 1. The van der Waals surface area contributed by atoms with Crippen LogP contribution in [0.4, 0.5) is 0 Å². The molecule has 28 heavy (non-hydrogen) atoms. The van der Waals surface area contributed by atoms with Crippen LogP contribution >= 0.6 is 0 Å². The lowest BCUT2D eigenvalue weighted by atomic mass is 10.2. The Morgan fingerprint density at radius 1 is 1.14 bits per heavy atom. The summed E-state index contributed by atoms with van der Waals surface area (Å²) in [5.74, 6) is 0.550. The molecule has 0 amide bonds. The molecule has 4 heterocycles. The van der Waals surface area contributed by atoms with Crippen molar-refractivity contribution in [2.24, 2.45) is 14.1 Å². The second-order valence-corrected chi connectivity index (χ2v) is 6.42. The molecule has 10 nitrogen and oxygen atoms in total. The number of fused-ring (bicyclic) bond motifs is 1. The number of hydrogen-bond donors (Lipinski definition) is 0. The van der Waals surface area contributed by atoms with Crippen LogP contribution in [0.5, 0.6) is 0 Å². The predicted molar refractivity (Wildman–Crippen MR) is 101 cm³/mol. The van der Waals surface area contributed by atoms with Gasteiger partial charge in [-0.05, 0) is 26.0 Å². The van der Waals surface area contributed by atoms with Gasteiger partial charge in [-0.2, -0.15) is 10.2 Å². The van der Waals surface area contributed by atoms with E-state index in [0.29, 0.717) is 23.9 Å². The number of nitrogens with zero attached hydrogens (tertiary/aromatic N) is 8. The van der Waals surface area contributed by atoms with Crippen LogP contribution in [0, 0.1) is 6.92 Å². The summed E-state index contributed by atoms with van der Waals surface area (Å²) in [5.41, 5.74) is 3.18. The molecule has 0 radical (unpaired) electrons. The maximum Gasteiger partial charge on any atom is 0.356 e. The van der Waals surface area contributed by atoms with Gasteiger partial charge in [0.15, 0.2) is 17.3 Å². The summed E-state index contributed by atoms with van der Waals surface area (Å²) in [6.07, 6.45) is 1.70. The van der Waals surface area contributed by atoms with Crippen molar-refractivity contribution < 1.29 is 9.53 Å². The van der Waals surface area contributed by atoms with Crippen molar-refractivity contribution in [2.75, 3.05) is 7.11 Å². The molecule has 0 aliphatic carbocycles. The topological polar surface area (TPSA) is 106 Å². The van der Waals surface area contributed by atoms with Gasteiger partial charge < -0.3 is 4.74 Å². The van der Waals surface area contributed by atoms with Crippen LogP contribution in [-0.2, 0) is 25.4 Å². The highest BCUT2D eigenvalue weighted by Gasteiger charge is 2.22. The normalized spacial score (nSPS) is 11.3. The highest BCUT2D eigenvalue weighted by Crippen LogP contribution is 2.28. The van der Waals surface area contributed by atoms with E-state index in [0.717, 1.165) is 22.3 Å². The van der Waals surface area contributed by atoms with E-state index in [1.165, 1.54) is 7.11 Å². The van der Waals surface area contributed by atoms with Crippen LogP contribution in [0.15, 0.2) is 18.3 Å². The van der Waals surface area contributed by atoms with E-state index < -0.39 is 5.97 Å². The zero-order valence-corrected chi connectivity index (χ0v) is 16.3. The smallest absolute Gasteiger partial charge is 0.356 e. The van der Waals surface area contributed by atoms with Gasteiger partial charge in [0.05, 0.1) is 24.5 Å². The number of methoxy groups -OCH3 is 1. The fourth-order valence-corrected chi connectivity index (χ4v) is 3.19. The Kier molecular flexibility index (Phi) is 4.17. The highest BCUT2D eigenvalue weighted by molar-refractivity contribution is 5.97. The van der Waals surface area contributed by atoms with Gasteiger partial charge in [-0.3, -0.25) is 9.36 Å². The molecule has 0 saturated carbocycles. The zero-order chi connectivity index (χ0) is 20.0. The third-order valence-corrected chi connectivity index (χ3v) is 4.55. The number of ether oxygens (including phenoxy) is 1. The van der Waals surface area contributed by atoms with Crippen molar-refractivity contribution in [1.82, 2.24) is 39.3 Å². The largest absolute Gasteiger partial charge is 0.464 e. The molecule has 0 atom stereocenters. The molecule has 0 N–H and O–H groups in total. The molecule has 10 heteroatoms. The van der Waals surface area contributed by atoms with Gasteiger partial charge in [-0.1, -0.05) is 0 Å². The quantitative estimate of drug-likeness (QED) is 0.497. The van der Waals surface area contributed by atoms with Gasteiger partial charge in [0.25, 0.3) is 0 Å². The lowest BCUT2D eigenvalue weighted by Crippen LogP contribution is -2.07. The van der Waals surface area contributed by atoms with Gasteiger partial charge >= 0.3 is 5.97 Å². The van der Waals surface area contributed by atoms with Gasteiger partial charge in [0, 0.05) is 26.0 Å². The third kappa shape index (κ3) is 2.73. The Morgan fingerprint density at radius 2 is 1.93 bits per heavy atom. The summed E-state index contributed by atoms with van der Waals surface area (Å²) in [6.45, 7) is 4.65. The van der Waals surface area contributed by atoms with E-state index >= 15 is 0 Å². The van der Waals surface area contributed by atoms with Crippen molar-refractivity contribution >= 4 is 16.9 Å². The molecule has 144 valence electrons. The van der Waals surface area contributed by atoms with E-state index in [4.69, 9.17) is 9.72 Å². The summed E-state index contributed by atoms with van der Waals surface area (Å²) < 4.78 is 10.0. The maximum atomic E-state index is 12.1. The molecule has 0 aliphatic rings. The molecule has 4 aromatic rings. The van der Waals surface area contributed by atoms with Crippen molar-refractivity contribution in [1.29, 1.82) is 0 Å². The van der Waals surface area contributed by atoms with E-state index in [1.807, 2.05) is 24.6 Å². The minimum atomic E-state index is -0.522. The molecule has 0 saturated heterocycles. The Balaban J connectivity index is 1.93. The summed E-state index contributed by atoms with van der Waals surface area (Å²) in [6, 6.07) is 3.60. The number of aryl methyl sites for hydroxylation is 4. The zero-order valence-electron chi connectivity index (χ0n) is 16.3. The Bertz CT molecular complexity index is 1200. The second kappa shape index (κ2) is 6.55. The maximum absolute atomic E-state index is 12.1. The number of aromatic nitrogens is 8. The minimum Gasteiger partial charge on any atom is -0.464 e. The number of rotatable bonds is 4. The van der Waals surface area contributed by atoms with Gasteiger partial charge in [-0.15, -0.1) is 5.10 Å². The van der Waals surface area contributed by atoms with Gasteiger partial charge in [0.1, 0.15) is 11.4 Å². The molecular weight excluding hydrogens is 360 g/mol. The van der Waals surface area contributed by atoms with Crippen molar-refractivity contribution in [3.8, 4) is 23.0 Å². The standard InChI is InChI=1S/C18H20N8O2/c1-6-26-14(7-10(2)22-26)16-21-17(25(4)23-16)15-11-9-19-24(3)13(11)8-12(20-15)18(27)28-5/h7-9H,6H2,1-5H3. The Labute approximate surface area is 160 Å². The number of carbonyl (C=O) groups is 1. The molecule has 0 bridgehead atoms. The van der Waals surface area contributed by atoms with E-state index in [9.17, 15) is 4.79 Å². The molecule has 0 unspecified atom stereocenters. The van der Waals surface area contributed by atoms with Crippen LogP contribution in [0.1, 0.15) is 23.1 Å². The van der Waals surface area contributed by atoms with E-state index in [2.05, 4.69) is 20.3 Å². The number of hydrogen-bond acceptors (Lipinski definition) is 7. The number of pyridine rings is 1. The third-order valence-electron chi connectivity index (χ3n) is 4.55. The molecule has 0 fully saturated rings. The second-order valence-electron chi connectivity index (χ2n) is 6.42. The molecular formula is C18H20N8O2. The summed E-state index contributed by atoms with van der Waals surface area (Å²) in [4.78, 5) is 21.3. The van der Waals surface area contributed by atoms with Crippen LogP contribution in [0.2, 0.25) is 0 Å². The Hall–Kier alpha value is -3.56. The van der Waals surface area contributed by atoms with Crippen LogP contribution in [-0.4, -0.2) is 52.4 Å². The van der Waals surface area contributed by atoms with Crippen LogP contribution in [0.3, 0.4) is 0 Å². The van der Waals surface area contributed by atoms with Gasteiger partial charge in [-0.25, -0.2) is 19.4 Å². The summed E-state index contributed by atoms with van der Waals surface area (Å²) in [7, 11) is 4.92. The van der Waals surface area contributed by atoms with Crippen molar-refractivity contribution in [3.05, 3.63) is 29.7 Å². The average Bonchev–Trinajstić information content (AvgIpc) is 3.37. The summed E-state index contributed by atoms with van der Waals surface area (Å²) >= 11 is 0. The first-order chi connectivity index (χ1) is 13.4. The lowest BCUT2D eigenvalue weighted by Gasteiger charge is -2.05. The number of esters is 1. The molecule has 0 spiro atoms. The molecule has 4 aromatic heterocycles. The highest BCUT2D eigenvalue weighted by atomic mass is 16.5. The van der Waals surface area contributed by atoms with Crippen LogP contribution < -0.4 is 0 Å². The first-order valence-corrected chi connectivity index (χ1v) is 8.80. The fourth-order valence-electron chi connectivity index (χ4n) is 3.19. The SMILES string of the molecule is CCn1nc(C)cc1-c1nc(-c2nc(C(=O)OC)cc3c2cnn3C)n(C)n1. The van der Waals surface area contributed by atoms with Gasteiger partial charge in [0.2, 0.25) is 0 Å². The van der Waals surface area contributed by atoms with Crippen LogP contribution in [0.25, 0.3) is 33.9 Å². The van der Waals surface area contributed by atoms with E-state index in [-0.39, 0.29) is 5.69 Å². The first-order valence-electron chi connectivity index (χ1n) is 8.80. The molecule has 0 aliphatic heterocycles. The average molecular weight is 380 g/mol. The monoisotopic (exact) mass is 380 g/mol. The van der Waals surface area contributed by atoms with Crippen molar-refractivity contribution in [2.45, 2.75) is 20.4 Å². The lowest BCUT2D eigenvalue weighted by molar-refractivity contribution is 0.0594. The molecule has 4 rings (SSSR count). The predicted octanol–water partition coefficient (Wildman–Crippen LogP) is 1.74. The van der Waals surface area contributed by atoms with E-state index in [1.54, 1.807) is 35.7 Å². The van der Waals surface area contributed by atoms with Crippen molar-refractivity contribution in [3.63, 3.8) is 0 Å². The first kappa shape index (κ1) is 17.8. The minimum absolute atomic E-state index is 0.188. The fraction of sp³-hybridized carbons (Fsp3) is 0.333. The molecule has 0 aromatic carbocycles. The summed E-state index contributed by atoms with van der Waals surface area (Å²) in [5, 5.41) is 14.1. The Morgan fingerprint density at radius 3 is 2.64 bits per heavy atom.